The number of aryl methyl sites for hydroxylation is 1. The molecule has 2 aromatic heterocycles. The summed E-state index contributed by atoms with van der Waals surface area (Å²) >= 11 is 0. The molecular formula is C22H27N5O2. The fourth-order valence-corrected chi connectivity index (χ4v) is 5.45. The van der Waals surface area contributed by atoms with Crippen LogP contribution in [0.2, 0.25) is 0 Å². The van der Waals surface area contributed by atoms with E-state index in [0.29, 0.717) is 18.7 Å². The first kappa shape index (κ1) is 18.3. The summed E-state index contributed by atoms with van der Waals surface area (Å²) in [4.78, 5) is 33.8. The third kappa shape index (κ3) is 3.22. The molecule has 5 rings (SSSR count). The molecule has 2 amide bonds. The Balaban J connectivity index is 1.22. The van der Waals surface area contributed by atoms with Crippen LogP contribution in [0.1, 0.15) is 53.7 Å². The second kappa shape index (κ2) is 7.28. The molecule has 0 aromatic carbocycles. The predicted octanol–water partition coefficient (Wildman–Crippen LogP) is 2.16. The van der Waals surface area contributed by atoms with E-state index in [2.05, 4.69) is 20.1 Å². The lowest BCUT2D eigenvalue weighted by atomic mass is 9.77. The van der Waals surface area contributed by atoms with E-state index in [4.69, 9.17) is 0 Å². The van der Waals surface area contributed by atoms with Crippen molar-refractivity contribution in [3.8, 4) is 0 Å². The summed E-state index contributed by atoms with van der Waals surface area (Å²) in [7, 11) is 0. The van der Waals surface area contributed by atoms with Gasteiger partial charge in [-0.1, -0.05) is 0 Å². The maximum absolute atomic E-state index is 13.3. The monoisotopic (exact) mass is 393 g/mol. The zero-order valence-corrected chi connectivity index (χ0v) is 16.6. The molecule has 1 atom stereocenters. The minimum absolute atomic E-state index is 0.0225. The summed E-state index contributed by atoms with van der Waals surface area (Å²) in [5, 5.41) is 7.45. The van der Waals surface area contributed by atoms with E-state index in [1.807, 2.05) is 11.1 Å². The molecule has 2 aliphatic heterocycles. The average molecular weight is 393 g/mol. The highest BCUT2D eigenvalue weighted by Crippen LogP contribution is 2.44. The third-order valence-corrected chi connectivity index (χ3v) is 7.07. The number of H-pyrrole nitrogens is 1. The highest BCUT2D eigenvalue weighted by molar-refractivity contribution is 5.94. The first-order valence-corrected chi connectivity index (χ1v) is 10.7. The van der Waals surface area contributed by atoms with E-state index in [-0.39, 0.29) is 23.1 Å². The Bertz CT molecular complexity index is 903. The van der Waals surface area contributed by atoms with Crippen LogP contribution < -0.4 is 0 Å². The van der Waals surface area contributed by atoms with Crippen LogP contribution in [0.25, 0.3) is 0 Å². The maximum Gasteiger partial charge on any atom is 0.253 e. The van der Waals surface area contributed by atoms with Crippen LogP contribution in [0, 0.1) is 5.92 Å². The van der Waals surface area contributed by atoms with Gasteiger partial charge in [0.2, 0.25) is 5.91 Å². The Morgan fingerprint density at radius 2 is 1.86 bits per heavy atom. The Kier molecular flexibility index (Phi) is 4.60. The molecule has 0 saturated carbocycles. The van der Waals surface area contributed by atoms with Crippen molar-refractivity contribution in [3.05, 3.63) is 47.5 Å². The van der Waals surface area contributed by atoms with Gasteiger partial charge in [0.1, 0.15) is 0 Å². The molecule has 1 unspecified atom stereocenters. The van der Waals surface area contributed by atoms with Gasteiger partial charge in [0.25, 0.3) is 5.91 Å². The van der Waals surface area contributed by atoms with Crippen LogP contribution >= 0.6 is 0 Å². The van der Waals surface area contributed by atoms with Crippen molar-refractivity contribution in [2.24, 2.45) is 5.92 Å². The Morgan fingerprint density at radius 1 is 1.07 bits per heavy atom. The number of likely N-dealkylation sites (tertiary alicyclic amines) is 2. The fourth-order valence-electron chi connectivity index (χ4n) is 5.45. The minimum Gasteiger partial charge on any atom is -0.342 e. The van der Waals surface area contributed by atoms with Gasteiger partial charge in [0.15, 0.2) is 0 Å². The van der Waals surface area contributed by atoms with E-state index in [1.165, 1.54) is 11.3 Å². The molecule has 1 spiro atoms. The van der Waals surface area contributed by atoms with Gasteiger partial charge in [0.05, 0.1) is 6.20 Å². The van der Waals surface area contributed by atoms with E-state index in [0.717, 1.165) is 51.6 Å². The van der Waals surface area contributed by atoms with E-state index in [9.17, 15) is 9.59 Å². The number of nitrogens with zero attached hydrogens (tertiary/aromatic N) is 4. The molecule has 7 heteroatoms. The molecule has 1 aliphatic carbocycles. The van der Waals surface area contributed by atoms with Crippen molar-refractivity contribution >= 4 is 11.8 Å². The SMILES string of the molecule is O=C(c1ccncc1)N1CCC(C(=O)N2CCCC3(CCc4cn[nH]c43)C2)CC1. The van der Waals surface area contributed by atoms with Crippen molar-refractivity contribution in [1.82, 2.24) is 25.0 Å². The number of carbonyl (C=O) groups excluding carboxylic acids is 2. The van der Waals surface area contributed by atoms with Crippen LogP contribution in [-0.4, -0.2) is 63.0 Å². The summed E-state index contributed by atoms with van der Waals surface area (Å²) in [6.45, 7) is 2.93. The zero-order chi connectivity index (χ0) is 19.8. The van der Waals surface area contributed by atoms with E-state index in [1.54, 1.807) is 24.5 Å². The summed E-state index contributed by atoms with van der Waals surface area (Å²) < 4.78 is 0. The first-order valence-electron chi connectivity index (χ1n) is 10.7. The molecule has 2 aromatic rings. The van der Waals surface area contributed by atoms with Gasteiger partial charge in [-0.05, 0) is 56.2 Å². The quantitative estimate of drug-likeness (QED) is 0.848. The normalized spacial score (nSPS) is 24.7. The average Bonchev–Trinajstić information content (AvgIpc) is 3.38. The summed E-state index contributed by atoms with van der Waals surface area (Å²) in [6.07, 6.45) is 11.1. The Morgan fingerprint density at radius 3 is 2.66 bits per heavy atom. The molecule has 152 valence electrons. The van der Waals surface area contributed by atoms with Crippen molar-refractivity contribution < 1.29 is 9.59 Å². The molecule has 3 aliphatic rings. The number of rotatable bonds is 2. The van der Waals surface area contributed by atoms with E-state index < -0.39 is 0 Å². The zero-order valence-electron chi connectivity index (χ0n) is 16.6. The van der Waals surface area contributed by atoms with Gasteiger partial charge < -0.3 is 9.80 Å². The van der Waals surface area contributed by atoms with Gasteiger partial charge in [0, 0.05) is 61.2 Å². The second-order valence-electron chi connectivity index (χ2n) is 8.72. The highest BCUT2D eigenvalue weighted by atomic mass is 16.2. The lowest BCUT2D eigenvalue weighted by molar-refractivity contribution is -0.139. The number of piperidine rings is 2. The molecule has 2 fully saturated rings. The molecule has 29 heavy (non-hydrogen) atoms. The van der Waals surface area contributed by atoms with Gasteiger partial charge in [-0.15, -0.1) is 0 Å². The number of amides is 2. The van der Waals surface area contributed by atoms with Gasteiger partial charge in [-0.25, -0.2) is 0 Å². The van der Waals surface area contributed by atoms with E-state index >= 15 is 0 Å². The molecule has 0 bridgehead atoms. The van der Waals surface area contributed by atoms with Crippen LogP contribution in [0.5, 0.6) is 0 Å². The molecule has 0 radical (unpaired) electrons. The minimum atomic E-state index is 0.0225. The molecule has 4 heterocycles. The lowest BCUT2D eigenvalue weighted by Gasteiger charge is -2.42. The topological polar surface area (TPSA) is 82.2 Å². The first-order chi connectivity index (χ1) is 14.2. The van der Waals surface area contributed by atoms with Crippen LogP contribution in [0.15, 0.2) is 30.7 Å². The Hall–Kier alpha value is -2.70. The number of aromatic amines is 1. The van der Waals surface area contributed by atoms with Crippen molar-refractivity contribution in [1.29, 1.82) is 0 Å². The summed E-state index contributed by atoms with van der Waals surface area (Å²) in [5.74, 6) is 0.329. The van der Waals surface area contributed by atoms with Gasteiger partial charge >= 0.3 is 0 Å². The lowest BCUT2D eigenvalue weighted by Crippen LogP contribution is -2.51. The number of hydrogen-bond acceptors (Lipinski definition) is 4. The summed E-state index contributed by atoms with van der Waals surface area (Å²) in [5.41, 5.74) is 3.31. The van der Waals surface area contributed by atoms with Gasteiger partial charge in [-0.3, -0.25) is 19.7 Å². The predicted molar refractivity (Wildman–Crippen MR) is 107 cm³/mol. The molecule has 1 N–H and O–H groups in total. The van der Waals surface area contributed by atoms with Crippen LogP contribution in [0.3, 0.4) is 0 Å². The number of fused-ring (bicyclic) bond motifs is 2. The summed E-state index contributed by atoms with van der Waals surface area (Å²) in [6, 6.07) is 3.50. The third-order valence-electron chi connectivity index (χ3n) is 7.07. The largest absolute Gasteiger partial charge is 0.342 e. The molecule has 2 saturated heterocycles. The maximum atomic E-state index is 13.3. The molecular weight excluding hydrogens is 366 g/mol. The number of nitrogens with one attached hydrogen (secondary N) is 1. The van der Waals surface area contributed by atoms with Crippen LogP contribution in [-0.2, 0) is 16.6 Å². The van der Waals surface area contributed by atoms with Crippen molar-refractivity contribution in [2.75, 3.05) is 26.2 Å². The number of hydrogen-bond donors (Lipinski definition) is 1. The van der Waals surface area contributed by atoms with Crippen molar-refractivity contribution in [3.63, 3.8) is 0 Å². The van der Waals surface area contributed by atoms with Crippen LogP contribution in [0.4, 0.5) is 0 Å². The van der Waals surface area contributed by atoms with Crippen molar-refractivity contribution in [2.45, 2.75) is 43.9 Å². The fraction of sp³-hybridized carbons (Fsp3) is 0.545. The van der Waals surface area contributed by atoms with Gasteiger partial charge in [-0.2, -0.15) is 5.10 Å². The number of aromatic nitrogens is 3. The number of pyridine rings is 1. The Labute approximate surface area is 170 Å². The second-order valence-corrected chi connectivity index (χ2v) is 8.72. The standard InChI is InChI=1S/C22H27N5O2/c28-20(16-3-9-23-10-4-16)26-12-5-17(6-13-26)21(29)27-11-1-7-22(15-27)8-2-18-14-24-25-19(18)22/h3-4,9-10,14,17H,1-2,5-8,11-13,15H2,(H,24,25). The number of carbonyl (C=O) groups is 2. The highest BCUT2D eigenvalue weighted by Gasteiger charge is 2.45. The smallest absolute Gasteiger partial charge is 0.253 e. The molecule has 7 nitrogen and oxygen atoms in total.